The summed E-state index contributed by atoms with van der Waals surface area (Å²) in [5.74, 6) is 1.94. The van der Waals surface area contributed by atoms with Crippen LogP contribution in [-0.2, 0) is 35.6 Å². The van der Waals surface area contributed by atoms with Gasteiger partial charge in [0.1, 0.15) is 36.3 Å². The summed E-state index contributed by atoms with van der Waals surface area (Å²) < 4.78 is 11.3. The van der Waals surface area contributed by atoms with E-state index in [0.29, 0.717) is 26.1 Å². The molecule has 6 heteroatoms. The first-order chi connectivity index (χ1) is 17.5. The molecule has 0 bridgehead atoms. The maximum absolute atomic E-state index is 11.0. The highest BCUT2D eigenvalue weighted by atomic mass is 16.5. The van der Waals surface area contributed by atoms with E-state index >= 15 is 0 Å². The molecule has 0 fully saturated rings. The molecule has 0 spiro atoms. The number of pyridine rings is 2. The Morgan fingerprint density at radius 1 is 0.528 bits per heavy atom. The summed E-state index contributed by atoms with van der Waals surface area (Å²) in [6.45, 7) is 4.23. The molecule has 0 aliphatic carbocycles. The number of carbonyl (C=O) groups is 2. The van der Waals surface area contributed by atoms with Gasteiger partial charge in [-0.1, -0.05) is 24.3 Å². The van der Waals surface area contributed by atoms with Crippen LogP contribution < -0.4 is 9.47 Å². The molecule has 0 saturated heterocycles. The Bertz CT molecular complexity index is 1110. The zero-order valence-electron chi connectivity index (χ0n) is 20.6. The highest BCUT2D eigenvalue weighted by Crippen LogP contribution is 2.15. The van der Waals surface area contributed by atoms with E-state index in [4.69, 9.17) is 9.47 Å². The molecule has 0 radical (unpaired) electrons. The van der Waals surface area contributed by atoms with Crippen molar-refractivity contribution in [2.75, 3.05) is 0 Å². The third-order valence-electron chi connectivity index (χ3n) is 5.06. The van der Waals surface area contributed by atoms with E-state index in [0.717, 1.165) is 33.8 Å². The van der Waals surface area contributed by atoms with Crippen molar-refractivity contribution in [2.45, 2.75) is 39.9 Å². The second-order valence-electron chi connectivity index (χ2n) is 8.33. The molecule has 4 rings (SSSR count). The van der Waals surface area contributed by atoms with Crippen LogP contribution in [0.3, 0.4) is 0 Å². The number of aromatic nitrogens is 2. The minimum absolute atomic E-state index is 0.167. The Balaban J connectivity index is 0.000000201. The Kier molecular flexibility index (Phi) is 10.3. The van der Waals surface area contributed by atoms with E-state index in [1.54, 1.807) is 38.6 Å². The lowest BCUT2D eigenvalue weighted by Gasteiger charge is -2.06. The van der Waals surface area contributed by atoms with Gasteiger partial charge in [0.2, 0.25) is 0 Å². The van der Waals surface area contributed by atoms with Crippen LogP contribution in [0.15, 0.2) is 97.6 Å². The number of nitrogens with zero attached hydrogens (tertiary/aromatic N) is 2. The maximum Gasteiger partial charge on any atom is 0.134 e. The van der Waals surface area contributed by atoms with Crippen molar-refractivity contribution in [1.29, 1.82) is 0 Å². The van der Waals surface area contributed by atoms with E-state index in [1.165, 1.54) is 0 Å². The van der Waals surface area contributed by atoms with E-state index < -0.39 is 0 Å². The Morgan fingerprint density at radius 3 is 1.17 bits per heavy atom. The van der Waals surface area contributed by atoms with Crippen LogP contribution in [0.4, 0.5) is 0 Å². The van der Waals surface area contributed by atoms with Gasteiger partial charge < -0.3 is 9.47 Å². The average Bonchev–Trinajstić information content (AvgIpc) is 2.89. The van der Waals surface area contributed by atoms with Crippen LogP contribution in [0.2, 0.25) is 0 Å². The first-order valence-corrected chi connectivity index (χ1v) is 11.7. The number of hydrogen-bond donors (Lipinski definition) is 0. The maximum atomic E-state index is 11.0. The molecule has 2 heterocycles. The lowest BCUT2D eigenvalue weighted by molar-refractivity contribution is -0.117. The summed E-state index contributed by atoms with van der Waals surface area (Å²) in [6.07, 6.45) is 7.93. The van der Waals surface area contributed by atoms with Crippen LogP contribution in [0.5, 0.6) is 11.5 Å². The molecule has 184 valence electrons. The minimum atomic E-state index is 0.167. The fourth-order valence-corrected chi connectivity index (χ4v) is 3.27. The van der Waals surface area contributed by atoms with Crippen LogP contribution in [0.25, 0.3) is 0 Å². The van der Waals surface area contributed by atoms with Crippen LogP contribution in [0.1, 0.15) is 36.1 Å². The largest absolute Gasteiger partial charge is 0.489 e. The van der Waals surface area contributed by atoms with Crippen molar-refractivity contribution in [1.82, 2.24) is 9.97 Å². The number of Topliss-reactive ketones (excluding diaryl/α,β-unsaturated/α-hetero) is 2. The molecule has 36 heavy (non-hydrogen) atoms. The Morgan fingerprint density at radius 2 is 0.861 bits per heavy atom. The van der Waals surface area contributed by atoms with Crippen molar-refractivity contribution in [3.63, 3.8) is 0 Å². The molecule has 0 N–H and O–H groups in total. The summed E-state index contributed by atoms with van der Waals surface area (Å²) in [7, 11) is 0. The van der Waals surface area contributed by atoms with Crippen molar-refractivity contribution in [2.24, 2.45) is 0 Å². The number of ketones is 2. The average molecular weight is 483 g/mol. The monoisotopic (exact) mass is 482 g/mol. The zero-order valence-corrected chi connectivity index (χ0v) is 20.6. The SMILES string of the molecule is CC(=O)Cc1ccc(OCc2ccncc2)cc1.CC(=O)Cc1ccc(OCc2ccncc2)cc1. The van der Waals surface area contributed by atoms with Gasteiger partial charge in [-0.15, -0.1) is 0 Å². The van der Waals surface area contributed by atoms with Crippen molar-refractivity contribution in [3.05, 3.63) is 120 Å². The molecule has 0 aliphatic heterocycles. The fraction of sp³-hybridized carbons (Fsp3) is 0.200. The molecule has 0 saturated carbocycles. The number of ether oxygens (including phenoxy) is 2. The predicted octanol–water partition coefficient (Wildman–Crippen LogP) is 5.58. The molecular formula is C30H30N2O4. The number of benzene rings is 2. The summed E-state index contributed by atoms with van der Waals surface area (Å²) in [4.78, 5) is 29.8. The summed E-state index contributed by atoms with van der Waals surface area (Å²) in [5, 5.41) is 0. The first-order valence-electron chi connectivity index (χ1n) is 11.7. The van der Waals surface area contributed by atoms with Crippen molar-refractivity contribution in [3.8, 4) is 11.5 Å². The molecule has 2 aromatic heterocycles. The van der Waals surface area contributed by atoms with Crippen molar-refractivity contribution >= 4 is 11.6 Å². The minimum Gasteiger partial charge on any atom is -0.489 e. The van der Waals surface area contributed by atoms with Crippen LogP contribution in [-0.4, -0.2) is 21.5 Å². The zero-order chi connectivity index (χ0) is 25.6. The molecule has 0 amide bonds. The first kappa shape index (κ1) is 26.3. The number of rotatable bonds is 10. The van der Waals surface area contributed by atoms with Gasteiger partial charge in [-0.3, -0.25) is 19.6 Å². The molecule has 6 nitrogen and oxygen atoms in total. The fourth-order valence-electron chi connectivity index (χ4n) is 3.27. The highest BCUT2D eigenvalue weighted by Gasteiger charge is 2.00. The van der Waals surface area contributed by atoms with E-state index in [2.05, 4.69) is 9.97 Å². The Labute approximate surface area is 212 Å². The van der Waals surface area contributed by atoms with Gasteiger partial charge in [0.15, 0.2) is 0 Å². The molecule has 2 aromatic carbocycles. The summed E-state index contributed by atoms with van der Waals surface area (Å²) >= 11 is 0. The van der Waals surface area contributed by atoms with E-state index in [1.807, 2.05) is 72.8 Å². The summed E-state index contributed by atoms with van der Waals surface area (Å²) in [5.41, 5.74) is 4.19. The highest BCUT2D eigenvalue weighted by molar-refractivity contribution is 5.78. The predicted molar refractivity (Wildman–Crippen MR) is 139 cm³/mol. The standard InChI is InChI=1S/2C15H15NO2/c2*1-12(17)10-13-2-4-15(5-3-13)18-11-14-6-8-16-9-7-14/h2*2-9H,10-11H2,1H3. The van der Waals surface area contributed by atoms with Gasteiger partial charge in [-0.2, -0.15) is 0 Å². The molecule has 0 atom stereocenters. The van der Waals surface area contributed by atoms with Gasteiger partial charge >= 0.3 is 0 Å². The number of carbonyl (C=O) groups excluding carboxylic acids is 2. The quantitative estimate of drug-likeness (QED) is 0.293. The third kappa shape index (κ3) is 9.89. The van der Waals surface area contributed by atoms with Gasteiger partial charge in [0.05, 0.1) is 0 Å². The lowest BCUT2D eigenvalue weighted by Crippen LogP contribution is -1.97. The van der Waals surface area contributed by atoms with Gasteiger partial charge in [0.25, 0.3) is 0 Å². The third-order valence-corrected chi connectivity index (χ3v) is 5.06. The normalized spacial score (nSPS) is 10.1. The molecule has 0 unspecified atom stereocenters. The van der Waals surface area contributed by atoms with Crippen molar-refractivity contribution < 1.29 is 19.1 Å². The van der Waals surface area contributed by atoms with Crippen LogP contribution >= 0.6 is 0 Å². The van der Waals surface area contributed by atoms with Gasteiger partial charge in [-0.05, 0) is 84.6 Å². The second-order valence-corrected chi connectivity index (χ2v) is 8.33. The van der Waals surface area contributed by atoms with Gasteiger partial charge in [-0.25, -0.2) is 0 Å². The lowest BCUT2D eigenvalue weighted by atomic mass is 10.1. The van der Waals surface area contributed by atoms with E-state index in [9.17, 15) is 9.59 Å². The number of hydrogen-bond acceptors (Lipinski definition) is 6. The molecule has 4 aromatic rings. The topological polar surface area (TPSA) is 78.4 Å². The Hall–Kier alpha value is -4.32. The second kappa shape index (κ2) is 14.2. The van der Waals surface area contributed by atoms with Crippen LogP contribution in [0, 0.1) is 0 Å². The van der Waals surface area contributed by atoms with E-state index in [-0.39, 0.29) is 11.6 Å². The summed E-state index contributed by atoms with van der Waals surface area (Å²) in [6, 6.07) is 22.9. The molecule has 0 aliphatic rings. The van der Waals surface area contributed by atoms with Gasteiger partial charge in [0, 0.05) is 37.6 Å². The smallest absolute Gasteiger partial charge is 0.134 e. The molecular weight excluding hydrogens is 452 g/mol.